The molecule has 14 aromatic carbocycles. The molecular formula is C94H69B2N5O. The van der Waals surface area contributed by atoms with E-state index < -0.39 is 0 Å². The maximum Gasteiger partial charge on any atom is 0.256 e. The molecule has 0 N–H and O–H groups in total. The third-order valence-corrected chi connectivity index (χ3v) is 21.2. The van der Waals surface area contributed by atoms with Gasteiger partial charge >= 0.3 is 0 Å². The number of anilines is 9. The maximum absolute atomic E-state index is 11.2. The van der Waals surface area contributed by atoms with Crippen molar-refractivity contribution in [1.29, 1.82) is 10.5 Å². The molecule has 0 radical (unpaired) electrons. The molecule has 0 atom stereocenters. The van der Waals surface area contributed by atoms with Crippen LogP contribution in [0.5, 0.6) is 11.5 Å². The first kappa shape index (κ1) is 61.7. The maximum atomic E-state index is 11.2. The van der Waals surface area contributed by atoms with E-state index in [-0.39, 0.29) is 24.3 Å². The number of nitriles is 2. The third-order valence-electron chi connectivity index (χ3n) is 21.2. The van der Waals surface area contributed by atoms with Crippen molar-refractivity contribution >= 4 is 97.4 Å². The minimum absolute atomic E-state index is 0.280. The lowest BCUT2D eigenvalue weighted by Gasteiger charge is -2.47. The number of hydrogen-bond acceptors (Lipinski definition) is 6. The van der Waals surface area contributed by atoms with Gasteiger partial charge in [-0.2, -0.15) is 10.5 Å². The number of hydrogen-bond donors (Lipinski definition) is 0. The SMILES string of the molecule is CC(C)(C)c1cc2c3c(c1)N(c1c(-c4ccccc4)cccc1-c1ccccc1)c1ccccc1B3c1cc3c(cc1O2)N(c1c(-c2ccccc2)cc(C#N)cc1-c1ccccc1)c1cc(C(C)(C)C)cc2c1B3c1ccccc1N2c1c(-c2ccccc2)cc(C#N)cc1-c1ccccc1. The molecule has 4 aliphatic heterocycles. The van der Waals surface area contributed by atoms with Crippen LogP contribution in [-0.2, 0) is 10.8 Å². The van der Waals surface area contributed by atoms with Crippen molar-refractivity contribution in [3.63, 3.8) is 0 Å². The van der Waals surface area contributed by atoms with Crippen molar-refractivity contribution in [2.75, 3.05) is 14.7 Å². The Hall–Kier alpha value is -12.6. The van der Waals surface area contributed by atoms with E-state index >= 15 is 0 Å². The van der Waals surface area contributed by atoms with Gasteiger partial charge in [0, 0.05) is 73.6 Å². The zero-order valence-electron chi connectivity index (χ0n) is 57.7. The normalized spacial score (nSPS) is 13.0. The van der Waals surface area contributed by atoms with Gasteiger partial charge in [-0.1, -0.05) is 284 Å². The Morgan fingerprint density at radius 1 is 0.275 bits per heavy atom. The van der Waals surface area contributed by atoms with Crippen LogP contribution in [0.15, 0.2) is 309 Å². The summed E-state index contributed by atoms with van der Waals surface area (Å²) in [4.78, 5) is 7.63. The Balaban J connectivity index is 0.980. The van der Waals surface area contributed by atoms with Gasteiger partial charge in [0.2, 0.25) is 0 Å². The molecule has 0 saturated carbocycles. The van der Waals surface area contributed by atoms with Crippen LogP contribution in [0.2, 0.25) is 0 Å². The second kappa shape index (κ2) is 24.1. The minimum atomic E-state index is -0.378. The first-order chi connectivity index (χ1) is 49.8. The van der Waals surface area contributed by atoms with E-state index in [1.54, 1.807) is 0 Å². The van der Waals surface area contributed by atoms with Crippen LogP contribution in [0.25, 0.3) is 66.8 Å². The largest absolute Gasteiger partial charge is 0.458 e. The molecule has 4 heterocycles. The number of benzene rings is 14. The first-order valence-corrected chi connectivity index (χ1v) is 35.2. The van der Waals surface area contributed by atoms with Gasteiger partial charge in [-0.05, 0) is 149 Å². The van der Waals surface area contributed by atoms with Gasteiger partial charge in [-0.3, -0.25) is 0 Å². The monoisotopic (exact) mass is 1310 g/mol. The van der Waals surface area contributed by atoms with Crippen molar-refractivity contribution in [2.45, 2.75) is 52.4 Å². The van der Waals surface area contributed by atoms with Gasteiger partial charge in [0.1, 0.15) is 11.5 Å². The van der Waals surface area contributed by atoms with Crippen LogP contribution in [0.1, 0.15) is 63.8 Å². The van der Waals surface area contributed by atoms with E-state index in [0.717, 1.165) is 168 Å². The standard InChI is InChI=1S/C94H69B2N5O/c1-93(2,3)68-52-83-88-84(53-68)101(92-74(66-38-21-11-22-39-66)50-61(59-98)51-75(92)67-40-23-12-24-41-67)82-57-86-79(56-78(82)95(88)76-44-25-27-46-80(76)99(83)91-72(64-34-17-9-18-35-64)48-60(58-97)49-73(91)65-36-19-10-20-37-65)96-77-45-26-28-47-81(77)100(85-54-69(94(4,5)6)55-87(102-86)89(85)96)90-70(62-30-13-7-14-31-62)42-29-43-71(90)63-32-15-8-16-33-63/h7-57H,1-6H3. The number of nitrogens with zero attached hydrogens (tertiary/aromatic N) is 5. The second-order valence-corrected chi connectivity index (χ2v) is 29.3. The molecule has 0 saturated heterocycles. The molecule has 0 unspecified atom stereocenters. The average molecular weight is 1310 g/mol. The van der Waals surface area contributed by atoms with Crippen LogP contribution in [0.3, 0.4) is 0 Å². The predicted molar refractivity (Wildman–Crippen MR) is 426 cm³/mol. The van der Waals surface area contributed by atoms with Crippen LogP contribution in [-0.4, -0.2) is 13.4 Å². The quantitative estimate of drug-likeness (QED) is 0.134. The van der Waals surface area contributed by atoms with Gasteiger partial charge in [-0.15, -0.1) is 0 Å². The molecular weight excluding hydrogens is 1240 g/mol. The van der Waals surface area contributed by atoms with Gasteiger partial charge in [0.25, 0.3) is 13.4 Å². The summed E-state index contributed by atoms with van der Waals surface area (Å²) in [5, 5.41) is 22.3. The fourth-order valence-electron chi connectivity index (χ4n) is 16.4. The van der Waals surface area contributed by atoms with Crippen molar-refractivity contribution in [3.05, 3.63) is 332 Å². The van der Waals surface area contributed by atoms with Crippen molar-refractivity contribution in [1.82, 2.24) is 0 Å². The Morgan fingerprint density at radius 2 is 0.598 bits per heavy atom. The summed E-state index contributed by atoms with van der Waals surface area (Å²) in [5.74, 6) is 1.60. The molecule has 482 valence electrons. The van der Waals surface area contributed by atoms with Crippen LogP contribution < -0.4 is 52.2 Å². The summed E-state index contributed by atoms with van der Waals surface area (Å²) in [6.45, 7) is 13.2. The Labute approximate surface area is 598 Å². The fraction of sp³-hybridized carbons (Fsp3) is 0.0851. The topological polar surface area (TPSA) is 66.5 Å². The molecule has 0 spiro atoms. The Kier molecular flexibility index (Phi) is 14.6. The van der Waals surface area contributed by atoms with E-state index in [0.29, 0.717) is 11.1 Å². The highest BCUT2D eigenvalue weighted by Gasteiger charge is 2.50. The van der Waals surface area contributed by atoms with Crippen molar-refractivity contribution < 1.29 is 4.74 Å². The van der Waals surface area contributed by atoms with Crippen LogP contribution in [0.4, 0.5) is 51.2 Å². The van der Waals surface area contributed by atoms with Crippen LogP contribution in [0, 0.1) is 22.7 Å². The van der Waals surface area contributed by atoms with Crippen molar-refractivity contribution in [3.8, 4) is 90.4 Å². The molecule has 18 rings (SSSR count). The molecule has 0 bridgehead atoms. The fourth-order valence-corrected chi connectivity index (χ4v) is 16.4. The summed E-state index contributed by atoms with van der Waals surface area (Å²) in [7, 11) is 0. The van der Waals surface area contributed by atoms with Gasteiger partial charge in [0.15, 0.2) is 0 Å². The van der Waals surface area contributed by atoms with E-state index in [4.69, 9.17) is 4.74 Å². The smallest absolute Gasteiger partial charge is 0.256 e. The molecule has 6 nitrogen and oxygen atoms in total. The molecule has 102 heavy (non-hydrogen) atoms. The summed E-state index contributed by atoms with van der Waals surface area (Å²) in [6.07, 6.45) is 0. The number of rotatable bonds is 9. The zero-order valence-corrected chi connectivity index (χ0v) is 57.7. The molecule has 14 aromatic rings. The molecule has 0 aliphatic carbocycles. The minimum Gasteiger partial charge on any atom is -0.458 e. The highest BCUT2D eigenvalue weighted by Crippen LogP contribution is 2.56. The summed E-state index contributed by atoms with van der Waals surface area (Å²) < 4.78 is 7.92. The van der Waals surface area contributed by atoms with E-state index in [9.17, 15) is 10.5 Å². The van der Waals surface area contributed by atoms with E-state index in [2.05, 4.69) is 378 Å². The molecule has 0 fully saturated rings. The predicted octanol–water partition coefficient (Wildman–Crippen LogP) is 20.5. The zero-order chi connectivity index (χ0) is 69.1. The second-order valence-electron chi connectivity index (χ2n) is 29.3. The molecule has 4 aliphatic rings. The highest BCUT2D eigenvalue weighted by molar-refractivity contribution is 7.02. The van der Waals surface area contributed by atoms with Gasteiger partial charge in [-0.25, -0.2) is 0 Å². The van der Waals surface area contributed by atoms with E-state index in [1.807, 2.05) is 0 Å². The average Bonchev–Trinajstić information content (AvgIpc) is 0.685. The first-order valence-electron chi connectivity index (χ1n) is 35.2. The lowest BCUT2D eigenvalue weighted by molar-refractivity contribution is 0.483. The summed E-state index contributed by atoms with van der Waals surface area (Å²) in [5.41, 5.74) is 31.0. The van der Waals surface area contributed by atoms with Gasteiger partial charge in [0.05, 0.1) is 40.3 Å². The molecule has 0 amide bonds. The number of fused-ring (bicyclic) bond motifs is 8. The van der Waals surface area contributed by atoms with E-state index in [1.165, 1.54) is 5.46 Å². The summed E-state index contributed by atoms with van der Waals surface area (Å²) in [6, 6.07) is 117. The third kappa shape index (κ3) is 10.00. The van der Waals surface area contributed by atoms with Crippen molar-refractivity contribution in [2.24, 2.45) is 0 Å². The lowest BCUT2D eigenvalue weighted by atomic mass is 9.30. The summed E-state index contributed by atoms with van der Waals surface area (Å²) >= 11 is 0. The highest BCUT2D eigenvalue weighted by atomic mass is 16.5. The Bertz CT molecular complexity index is 5620. The Morgan fingerprint density at radius 3 is 0.980 bits per heavy atom. The molecule has 8 heteroatoms. The lowest BCUT2D eigenvalue weighted by Crippen LogP contribution is -2.64. The molecule has 0 aromatic heterocycles. The van der Waals surface area contributed by atoms with Gasteiger partial charge < -0.3 is 19.4 Å². The number of para-hydroxylation sites is 3. The van der Waals surface area contributed by atoms with Crippen LogP contribution >= 0.6 is 0 Å². The number of ether oxygens (including phenoxy) is 1.